The molecule has 1 saturated heterocycles. The molecule has 1 aromatic heterocycles. The molecule has 7 nitrogen and oxygen atoms in total. The van der Waals surface area contributed by atoms with E-state index >= 15 is 0 Å². The first-order chi connectivity index (χ1) is 13.0. The van der Waals surface area contributed by atoms with Crippen molar-refractivity contribution < 1.29 is 14.3 Å². The molecule has 2 unspecified atom stereocenters. The number of rotatable bonds is 3. The summed E-state index contributed by atoms with van der Waals surface area (Å²) in [6.07, 6.45) is 0.677. The van der Waals surface area contributed by atoms with Gasteiger partial charge in [-0.25, -0.2) is 0 Å². The topological polar surface area (TPSA) is 91.5 Å². The summed E-state index contributed by atoms with van der Waals surface area (Å²) < 4.78 is 5.33. The third kappa shape index (κ3) is 3.38. The number of benzene rings is 1. The van der Waals surface area contributed by atoms with Crippen molar-refractivity contribution in [3.05, 3.63) is 63.6 Å². The van der Waals surface area contributed by atoms with Crippen LogP contribution in [-0.4, -0.2) is 42.6 Å². The quantitative estimate of drug-likeness (QED) is 0.856. The molecule has 2 amide bonds. The van der Waals surface area contributed by atoms with E-state index in [9.17, 15) is 14.4 Å². The van der Waals surface area contributed by atoms with Crippen LogP contribution in [0.5, 0.6) is 0 Å². The average molecular weight is 367 g/mol. The van der Waals surface area contributed by atoms with Crippen LogP contribution in [0.4, 0.5) is 5.69 Å². The molecule has 0 radical (unpaired) electrons. The second kappa shape index (κ2) is 7.00. The molecule has 3 heterocycles. The van der Waals surface area contributed by atoms with E-state index in [1.54, 1.807) is 24.0 Å². The molecule has 2 N–H and O–H groups in total. The van der Waals surface area contributed by atoms with Crippen LogP contribution < -0.4 is 15.8 Å². The van der Waals surface area contributed by atoms with Crippen molar-refractivity contribution >= 4 is 17.5 Å². The zero-order valence-corrected chi connectivity index (χ0v) is 15.0. The molecule has 140 valence electrons. The van der Waals surface area contributed by atoms with Crippen LogP contribution in [0.15, 0.2) is 41.2 Å². The zero-order chi connectivity index (χ0) is 19.0. The van der Waals surface area contributed by atoms with Crippen LogP contribution in [0.25, 0.3) is 0 Å². The fraction of sp³-hybridized carbons (Fsp3) is 0.350. The van der Waals surface area contributed by atoms with Gasteiger partial charge in [0.1, 0.15) is 12.2 Å². The van der Waals surface area contributed by atoms with Gasteiger partial charge in [-0.15, -0.1) is 0 Å². The van der Waals surface area contributed by atoms with Crippen molar-refractivity contribution in [3.8, 4) is 0 Å². The van der Waals surface area contributed by atoms with Gasteiger partial charge in [-0.3, -0.25) is 14.4 Å². The summed E-state index contributed by atoms with van der Waals surface area (Å²) in [7, 11) is 0. The van der Waals surface area contributed by atoms with Crippen LogP contribution in [-0.2, 0) is 9.53 Å². The van der Waals surface area contributed by atoms with Gasteiger partial charge in [0, 0.05) is 23.8 Å². The van der Waals surface area contributed by atoms with Crippen LogP contribution in [0.1, 0.15) is 34.0 Å². The van der Waals surface area contributed by atoms with Crippen LogP contribution in [0.2, 0.25) is 0 Å². The maximum atomic E-state index is 13.0. The Morgan fingerprint density at radius 1 is 1.22 bits per heavy atom. The number of hydrogen-bond donors (Lipinski definition) is 2. The van der Waals surface area contributed by atoms with Gasteiger partial charge >= 0.3 is 0 Å². The molecular formula is C20H21N3O4. The Morgan fingerprint density at radius 2 is 2.04 bits per heavy atom. The summed E-state index contributed by atoms with van der Waals surface area (Å²) in [6.45, 7) is 2.81. The number of aromatic amines is 1. The third-order valence-electron chi connectivity index (χ3n) is 5.09. The largest absolute Gasteiger partial charge is 0.370 e. The molecule has 2 aliphatic heterocycles. The number of aromatic nitrogens is 1. The van der Waals surface area contributed by atoms with Gasteiger partial charge in [-0.2, -0.15) is 0 Å². The Labute approximate surface area is 156 Å². The van der Waals surface area contributed by atoms with Crippen molar-refractivity contribution in [2.75, 3.05) is 24.7 Å². The minimum atomic E-state index is -0.381. The number of hydrogen-bond acceptors (Lipinski definition) is 4. The second-order valence-electron chi connectivity index (χ2n) is 7.07. The number of pyridine rings is 1. The number of carbonyl (C=O) groups excluding carboxylic acids is 2. The van der Waals surface area contributed by atoms with Gasteiger partial charge < -0.3 is 19.9 Å². The molecule has 0 spiro atoms. The maximum absolute atomic E-state index is 13.0. The van der Waals surface area contributed by atoms with Gasteiger partial charge in [0.2, 0.25) is 5.91 Å². The van der Waals surface area contributed by atoms with Crippen molar-refractivity contribution in [1.82, 2.24) is 10.3 Å². The molecule has 2 atom stereocenters. The van der Waals surface area contributed by atoms with Crippen LogP contribution in [0.3, 0.4) is 0 Å². The highest BCUT2D eigenvalue weighted by Gasteiger charge is 2.35. The van der Waals surface area contributed by atoms with E-state index in [0.29, 0.717) is 25.3 Å². The number of amides is 2. The first-order valence-electron chi connectivity index (χ1n) is 9.01. The summed E-state index contributed by atoms with van der Waals surface area (Å²) in [6, 6.07) is 10.9. The number of nitrogens with zero attached hydrogens (tertiary/aromatic N) is 1. The Kier molecular flexibility index (Phi) is 4.53. The van der Waals surface area contributed by atoms with Crippen molar-refractivity contribution in [3.63, 3.8) is 0 Å². The number of H-pyrrole nitrogens is 1. The normalized spacial score (nSPS) is 21.7. The van der Waals surface area contributed by atoms with E-state index in [4.69, 9.17) is 4.74 Å². The van der Waals surface area contributed by atoms with Crippen molar-refractivity contribution in [1.29, 1.82) is 0 Å². The molecule has 27 heavy (non-hydrogen) atoms. The minimum absolute atomic E-state index is 0.0710. The Hall–Kier alpha value is -2.93. The monoisotopic (exact) mass is 367 g/mol. The fourth-order valence-electron chi connectivity index (χ4n) is 3.85. The lowest BCUT2D eigenvalue weighted by Gasteiger charge is -2.26. The minimum Gasteiger partial charge on any atom is -0.370 e. The van der Waals surface area contributed by atoms with Crippen molar-refractivity contribution in [2.24, 2.45) is 0 Å². The molecule has 4 rings (SSSR count). The van der Waals surface area contributed by atoms with Gasteiger partial charge in [-0.1, -0.05) is 18.2 Å². The Balaban J connectivity index is 1.60. The maximum Gasteiger partial charge on any atom is 0.263 e. The first-order valence-corrected chi connectivity index (χ1v) is 9.01. The number of morpholine rings is 1. The van der Waals surface area contributed by atoms with Crippen molar-refractivity contribution in [2.45, 2.75) is 25.3 Å². The lowest BCUT2D eigenvalue weighted by Crippen LogP contribution is -2.46. The molecule has 0 bridgehead atoms. The number of anilines is 1. The second-order valence-corrected chi connectivity index (χ2v) is 7.07. The molecule has 1 aromatic carbocycles. The number of aryl methyl sites for hydroxylation is 1. The van der Waals surface area contributed by atoms with E-state index < -0.39 is 0 Å². The molecule has 0 aliphatic carbocycles. The predicted molar refractivity (Wildman–Crippen MR) is 100 cm³/mol. The number of nitrogens with one attached hydrogen (secondary N) is 2. The molecular weight excluding hydrogens is 346 g/mol. The summed E-state index contributed by atoms with van der Waals surface area (Å²) >= 11 is 0. The third-order valence-corrected chi connectivity index (χ3v) is 5.09. The summed E-state index contributed by atoms with van der Waals surface area (Å²) in [5, 5.41) is 2.94. The van der Waals surface area contributed by atoms with Crippen LogP contribution >= 0.6 is 0 Å². The van der Waals surface area contributed by atoms with Gasteiger partial charge in [-0.05, 0) is 37.1 Å². The van der Waals surface area contributed by atoms with E-state index in [1.807, 2.05) is 24.3 Å². The lowest BCUT2D eigenvalue weighted by molar-refractivity contribution is -0.131. The fourth-order valence-corrected chi connectivity index (χ4v) is 3.85. The highest BCUT2D eigenvalue weighted by Crippen LogP contribution is 2.39. The number of fused-ring (bicyclic) bond motifs is 1. The SMILES string of the molecule is Cc1ccc(C(=O)N2CC(CC3COCC(=O)N3)c3ccccc32)c(=O)[nH]1. The summed E-state index contributed by atoms with van der Waals surface area (Å²) in [5.74, 6) is -0.353. The Morgan fingerprint density at radius 3 is 2.81 bits per heavy atom. The highest BCUT2D eigenvalue weighted by atomic mass is 16.5. The zero-order valence-electron chi connectivity index (χ0n) is 15.0. The van der Waals surface area contributed by atoms with Gasteiger partial charge in [0.05, 0.1) is 12.6 Å². The molecule has 7 heteroatoms. The molecule has 1 fully saturated rings. The summed E-state index contributed by atoms with van der Waals surface area (Å²) in [5.41, 5.74) is 2.33. The number of para-hydroxylation sites is 1. The predicted octanol–water partition coefficient (Wildman–Crippen LogP) is 1.33. The van der Waals surface area contributed by atoms with E-state index in [2.05, 4.69) is 10.3 Å². The first kappa shape index (κ1) is 17.5. The van der Waals surface area contributed by atoms with E-state index in [-0.39, 0.29) is 41.5 Å². The molecule has 2 aliphatic rings. The molecule has 0 saturated carbocycles. The average Bonchev–Trinajstić information content (AvgIpc) is 3.00. The van der Waals surface area contributed by atoms with E-state index in [0.717, 1.165) is 11.3 Å². The van der Waals surface area contributed by atoms with E-state index in [1.165, 1.54) is 0 Å². The highest BCUT2D eigenvalue weighted by molar-refractivity contribution is 6.07. The summed E-state index contributed by atoms with van der Waals surface area (Å²) in [4.78, 5) is 41.2. The standard InChI is InChI=1S/C20H21N3O4/c1-12-6-7-16(19(25)21-12)20(26)23-9-13(15-4-2-3-5-17(15)23)8-14-10-27-11-18(24)22-14/h2-7,13-14H,8-11H2,1H3,(H,21,25)(H,22,24). The lowest BCUT2D eigenvalue weighted by atomic mass is 9.94. The van der Waals surface area contributed by atoms with Crippen LogP contribution in [0, 0.1) is 6.92 Å². The Bertz CT molecular complexity index is 952. The molecule has 2 aromatic rings. The number of ether oxygens (including phenoxy) is 1. The number of carbonyl (C=O) groups is 2. The smallest absolute Gasteiger partial charge is 0.263 e. The van der Waals surface area contributed by atoms with Gasteiger partial charge in [0.15, 0.2) is 0 Å². The van der Waals surface area contributed by atoms with Gasteiger partial charge in [0.25, 0.3) is 11.5 Å².